The average molecular weight is 456 g/mol. The molecule has 6 nitrogen and oxygen atoms in total. The van der Waals surface area contributed by atoms with Gasteiger partial charge in [-0.3, -0.25) is 9.69 Å². The highest BCUT2D eigenvalue weighted by atomic mass is 19.4. The molecular formula is C22H32BF3N2O4. The molecule has 0 radical (unpaired) electrons. The molecule has 1 aliphatic carbocycles. The van der Waals surface area contributed by atoms with Gasteiger partial charge in [0.25, 0.3) is 0 Å². The summed E-state index contributed by atoms with van der Waals surface area (Å²) >= 11 is 0. The summed E-state index contributed by atoms with van der Waals surface area (Å²) < 4.78 is 39.3. The Morgan fingerprint density at radius 3 is 2.44 bits per heavy atom. The Morgan fingerprint density at radius 1 is 1.16 bits per heavy atom. The van der Waals surface area contributed by atoms with E-state index in [0.29, 0.717) is 45.2 Å². The van der Waals surface area contributed by atoms with Crippen molar-refractivity contribution in [2.75, 3.05) is 13.1 Å². The van der Waals surface area contributed by atoms with Crippen LogP contribution in [0.4, 0.5) is 13.2 Å². The van der Waals surface area contributed by atoms with E-state index in [1.54, 1.807) is 6.07 Å². The molecule has 5 N–H and O–H groups in total. The summed E-state index contributed by atoms with van der Waals surface area (Å²) in [6, 6.07) is 4.08. The van der Waals surface area contributed by atoms with Gasteiger partial charge in [0.05, 0.1) is 5.56 Å². The predicted octanol–water partition coefficient (Wildman–Crippen LogP) is 3.22. The maximum Gasteiger partial charge on any atom is 0.451 e. The van der Waals surface area contributed by atoms with E-state index in [1.807, 2.05) is 0 Å². The minimum Gasteiger partial charge on any atom is -0.480 e. The smallest absolute Gasteiger partial charge is 0.451 e. The van der Waals surface area contributed by atoms with Crippen LogP contribution in [0.25, 0.3) is 0 Å². The van der Waals surface area contributed by atoms with Gasteiger partial charge >= 0.3 is 19.3 Å². The maximum atomic E-state index is 13.1. The zero-order valence-corrected chi connectivity index (χ0v) is 18.2. The standard InChI is InChI=1S/C22H32BF3N2O4/c24-22(25,26)17-6-7-18-15(14-17)4-3-5-19(18)28-12-8-16(9-13-28)21(27,20(29)30)10-1-2-11-23(31)32/h6-7,14,16,19,31-32H,1-5,8-13,27H2,(H,29,30). The lowest BCUT2D eigenvalue weighted by atomic mass is 9.73. The summed E-state index contributed by atoms with van der Waals surface area (Å²) in [5, 5.41) is 27.7. The first-order chi connectivity index (χ1) is 15.0. The minimum absolute atomic E-state index is 0.0463. The molecule has 2 atom stereocenters. The Morgan fingerprint density at radius 2 is 1.84 bits per heavy atom. The molecule has 0 aromatic heterocycles. The van der Waals surface area contributed by atoms with Crippen molar-refractivity contribution in [1.82, 2.24) is 4.90 Å². The topological polar surface area (TPSA) is 107 Å². The largest absolute Gasteiger partial charge is 0.480 e. The second-order valence-electron chi connectivity index (χ2n) is 9.20. The molecule has 1 saturated heterocycles. The van der Waals surface area contributed by atoms with Gasteiger partial charge in [-0.2, -0.15) is 13.2 Å². The van der Waals surface area contributed by atoms with Crippen molar-refractivity contribution in [3.63, 3.8) is 0 Å². The summed E-state index contributed by atoms with van der Waals surface area (Å²) in [6.07, 6.45) is 0.647. The molecular weight excluding hydrogens is 424 g/mol. The summed E-state index contributed by atoms with van der Waals surface area (Å²) in [7, 11) is -1.40. The van der Waals surface area contributed by atoms with E-state index in [-0.39, 0.29) is 24.7 Å². The fourth-order valence-electron chi connectivity index (χ4n) is 5.30. The molecule has 0 spiro atoms. The van der Waals surface area contributed by atoms with Crippen LogP contribution in [0.15, 0.2) is 18.2 Å². The lowest BCUT2D eigenvalue weighted by Crippen LogP contribution is -2.57. The van der Waals surface area contributed by atoms with Crippen LogP contribution in [0.5, 0.6) is 0 Å². The maximum absolute atomic E-state index is 13.1. The fraction of sp³-hybridized carbons (Fsp3) is 0.682. The number of aliphatic carboxylic acids is 1. The summed E-state index contributed by atoms with van der Waals surface area (Å²) in [5.74, 6) is -1.24. The van der Waals surface area contributed by atoms with Crippen molar-refractivity contribution in [1.29, 1.82) is 0 Å². The Kier molecular flexibility index (Phi) is 7.91. The third-order valence-corrected chi connectivity index (χ3v) is 7.15. The van der Waals surface area contributed by atoms with Crippen molar-refractivity contribution in [2.45, 2.75) is 75.4 Å². The van der Waals surface area contributed by atoms with Crippen molar-refractivity contribution in [3.8, 4) is 0 Å². The quantitative estimate of drug-likeness (QED) is 0.354. The number of piperidine rings is 1. The number of halogens is 3. The van der Waals surface area contributed by atoms with Gasteiger partial charge in [-0.15, -0.1) is 0 Å². The highest BCUT2D eigenvalue weighted by molar-refractivity contribution is 6.40. The number of aryl methyl sites for hydroxylation is 1. The number of hydrogen-bond acceptors (Lipinski definition) is 5. The molecule has 1 heterocycles. The van der Waals surface area contributed by atoms with Crippen LogP contribution in [0.3, 0.4) is 0 Å². The molecule has 1 aliphatic heterocycles. The molecule has 2 aliphatic rings. The third-order valence-electron chi connectivity index (χ3n) is 7.15. The second-order valence-corrected chi connectivity index (χ2v) is 9.20. The summed E-state index contributed by atoms with van der Waals surface area (Å²) in [6.45, 7) is 1.30. The van der Waals surface area contributed by atoms with Gasteiger partial charge in [-0.05, 0) is 87.1 Å². The molecule has 1 aromatic rings. The van der Waals surface area contributed by atoms with Crippen LogP contribution >= 0.6 is 0 Å². The molecule has 0 amide bonds. The Balaban J connectivity index is 1.65. The van der Waals surface area contributed by atoms with Crippen molar-refractivity contribution >= 4 is 13.1 Å². The van der Waals surface area contributed by atoms with E-state index in [4.69, 9.17) is 15.8 Å². The number of carboxylic acid groups (broad SMARTS) is 1. The van der Waals surface area contributed by atoms with Crippen molar-refractivity contribution < 1.29 is 33.1 Å². The molecule has 0 bridgehead atoms. The van der Waals surface area contributed by atoms with Gasteiger partial charge in [0.2, 0.25) is 0 Å². The van der Waals surface area contributed by atoms with Gasteiger partial charge in [-0.25, -0.2) is 0 Å². The SMILES string of the molecule is NC(CCCCB(O)O)(C(=O)O)C1CCN(C2CCCc3cc(C(F)(F)F)ccc32)CC1. The summed E-state index contributed by atoms with van der Waals surface area (Å²) in [5.41, 5.74) is 6.07. The number of hydrogen-bond donors (Lipinski definition) is 4. The number of nitrogens with two attached hydrogens (primary N) is 1. The van der Waals surface area contributed by atoms with Gasteiger partial charge in [-0.1, -0.05) is 18.9 Å². The van der Waals surface area contributed by atoms with Crippen LogP contribution in [0.2, 0.25) is 6.32 Å². The Hall–Kier alpha value is -1.62. The second kappa shape index (κ2) is 10.1. The van der Waals surface area contributed by atoms with Crippen LogP contribution < -0.4 is 5.73 Å². The predicted molar refractivity (Wildman–Crippen MR) is 115 cm³/mol. The number of nitrogens with zero attached hydrogens (tertiary/aromatic N) is 1. The van der Waals surface area contributed by atoms with Gasteiger partial charge < -0.3 is 20.9 Å². The van der Waals surface area contributed by atoms with E-state index in [0.717, 1.165) is 30.0 Å². The molecule has 0 saturated carbocycles. The number of alkyl halides is 3. The number of unbranched alkanes of at least 4 members (excludes halogenated alkanes) is 1. The molecule has 2 unspecified atom stereocenters. The van der Waals surface area contributed by atoms with Crippen LogP contribution in [0.1, 0.15) is 67.7 Å². The third kappa shape index (κ3) is 5.65. The number of carbonyl (C=O) groups is 1. The number of benzene rings is 1. The van der Waals surface area contributed by atoms with Crippen molar-refractivity contribution in [2.24, 2.45) is 11.7 Å². The van der Waals surface area contributed by atoms with E-state index in [2.05, 4.69) is 4.90 Å². The van der Waals surface area contributed by atoms with E-state index < -0.39 is 30.4 Å². The van der Waals surface area contributed by atoms with Crippen LogP contribution in [-0.4, -0.2) is 51.8 Å². The van der Waals surface area contributed by atoms with Gasteiger partial charge in [0, 0.05) is 6.04 Å². The fourth-order valence-corrected chi connectivity index (χ4v) is 5.30. The zero-order valence-electron chi connectivity index (χ0n) is 18.2. The lowest BCUT2D eigenvalue weighted by molar-refractivity contribution is -0.147. The first-order valence-electron chi connectivity index (χ1n) is 11.3. The monoisotopic (exact) mass is 456 g/mol. The number of rotatable bonds is 8. The summed E-state index contributed by atoms with van der Waals surface area (Å²) in [4.78, 5) is 14.2. The van der Waals surface area contributed by atoms with E-state index in [1.165, 1.54) is 6.07 Å². The first-order valence-corrected chi connectivity index (χ1v) is 11.3. The van der Waals surface area contributed by atoms with E-state index in [9.17, 15) is 23.1 Å². The zero-order chi connectivity index (χ0) is 23.5. The van der Waals surface area contributed by atoms with Crippen LogP contribution in [0, 0.1) is 5.92 Å². The lowest BCUT2D eigenvalue weighted by Gasteiger charge is -2.44. The highest BCUT2D eigenvalue weighted by Crippen LogP contribution is 2.41. The minimum atomic E-state index is -4.35. The molecule has 32 heavy (non-hydrogen) atoms. The van der Waals surface area contributed by atoms with Crippen LogP contribution in [-0.2, 0) is 17.4 Å². The first kappa shape index (κ1) is 25.0. The number of likely N-dealkylation sites (tertiary alicyclic amines) is 1. The van der Waals surface area contributed by atoms with Gasteiger partial charge in [0.1, 0.15) is 5.54 Å². The number of fused-ring (bicyclic) bond motifs is 1. The Labute approximate surface area is 186 Å². The average Bonchev–Trinajstić information content (AvgIpc) is 2.75. The molecule has 3 rings (SSSR count). The molecule has 1 aromatic carbocycles. The molecule has 1 fully saturated rings. The highest BCUT2D eigenvalue weighted by Gasteiger charge is 2.44. The van der Waals surface area contributed by atoms with E-state index >= 15 is 0 Å². The molecule has 10 heteroatoms. The molecule has 178 valence electrons. The Bertz CT molecular complexity index is 800. The van der Waals surface area contributed by atoms with Crippen molar-refractivity contribution in [3.05, 3.63) is 34.9 Å². The van der Waals surface area contributed by atoms with Gasteiger partial charge in [0.15, 0.2) is 0 Å². The normalized spacial score (nSPS) is 22.2. The number of carboxylic acids is 1.